The normalized spacial score (nSPS) is 12.3. The number of aryl methyl sites for hydroxylation is 1. The van der Waals surface area contributed by atoms with Crippen molar-refractivity contribution in [1.82, 2.24) is 10.3 Å². The van der Waals surface area contributed by atoms with Gasteiger partial charge in [0.15, 0.2) is 0 Å². The molecule has 0 fully saturated rings. The molecule has 1 aromatic heterocycles. The van der Waals surface area contributed by atoms with E-state index >= 15 is 0 Å². The van der Waals surface area contributed by atoms with E-state index < -0.39 is 17.7 Å². The molecule has 33 heavy (non-hydrogen) atoms. The number of aromatic nitrogens is 1. The largest absolute Gasteiger partial charge is 0.493 e. The summed E-state index contributed by atoms with van der Waals surface area (Å²) in [6, 6.07) is 17.0. The Bertz CT molecular complexity index is 1020. The molecule has 7 heteroatoms. The number of amides is 1. The van der Waals surface area contributed by atoms with Crippen molar-refractivity contribution in [2.24, 2.45) is 0 Å². The van der Waals surface area contributed by atoms with Gasteiger partial charge in [0, 0.05) is 12.0 Å². The zero-order valence-corrected chi connectivity index (χ0v) is 19.6. The zero-order valence-electron chi connectivity index (χ0n) is 19.6. The second-order valence-corrected chi connectivity index (χ2v) is 8.86. The first-order valence-electron chi connectivity index (χ1n) is 11.1. The number of aliphatic hydroxyl groups excluding tert-OH is 1. The summed E-state index contributed by atoms with van der Waals surface area (Å²) in [6.07, 6.45) is 0.576. The zero-order chi connectivity index (χ0) is 23.8. The minimum Gasteiger partial charge on any atom is -0.493 e. The third-order valence-electron chi connectivity index (χ3n) is 4.87. The minimum absolute atomic E-state index is 0.181. The van der Waals surface area contributed by atoms with Crippen LogP contribution in [0.5, 0.6) is 5.75 Å². The van der Waals surface area contributed by atoms with E-state index in [2.05, 4.69) is 10.3 Å². The number of benzene rings is 2. The van der Waals surface area contributed by atoms with Gasteiger partial charge in [-0.3, -0.25) is 0 Å². The van der Waals surface area contributed by atoms with E-state index in [4.69, 9.17) is 13.9 Å². The van der Waals surface area contributed by atoms with Crippen LogP contribution in [0.4, 0.5) is 4.79 Å². The lowest BCUT2D eigenvalue weighted by Crippen LogP contribution is -2.42. The predicted molar refractivity (Wildman–Crippen MR) is 126 cm³/mol. The van der Waals surface area contributed by atoms with Gasteiger partial charge in [-0.2, -0.15) is 0 Å². The molecule has 3 rings (SSSR count). The molecule has 0 spiro atoms. The Kier molecular flexibility index (Phi) is 8.11. The lowest BCUT2D eigenvalue weighted by molar-refractivity contribution is 0.0483. The van der Waals surface area contributed by atoms with E-state index in [1.54, 1.807) is 20.8 Å². The van der Waals surface area contributed by atoms with Crippen molar-refractivity contribution >= 4 is 6.09 Å². The van der Waals surface area contributed by atoms with Crippen molar-refractivity contribution in [1.29, 1.82) is 0 Å². The van der Waals surface area contributed by atoms with Gasteiger partial charge in [-0.1, -0.05) is 30.3 Å². The SMILES string of the molecule is Cc1oc(-c2ccccc2)nc1CCOc1ccc(C[C@@H](CO)NC(=O)OC(C)(C)C)cc1. The maximum atomic E-state index is 11.9. The molecule has 176 valence electrons. The average molecular weight is 453 g/mol. The van der Waals surface area contributed by atoms with E-state index in [0.29, 0.717) is 25.3 Å². The molecule has 1 heterocycles. The molecule has 0 bridgehead atoms. The Morgan fingerprint density at radius 2 is 1.82 bits per heavy atom. The highest BCUT2D eigenvalue weighted by atomic mass is 16.6. The molecule has 3 aromatic rings. The molecule has 0 saturated heterocycles. The van der Waals surface area contributed by atoms with Gasteiger partial charge in [-0.05, 0) is 63.9 Å². The molecular weight excluding hydrogens is 420 g/mol. The van der Waals surface area contributed by atoms with Crippen LogP contribution in [0.15, 0.2) is 59.0 Å². The fourth-order valence-corrected chi connectivity index (χ4v) is 3.27. The number of carbonyl (C=O) groups is 1. The highest BCUT2D eigenvalue weighted by molar-refractivity contribution is 5.68. The summed E-state index contributed by atoms with van der Waals surface area (Å²) in [5.41, 5.74) is 2.21. The van der Waals surface area contributed by atoms with Crippen LogP contribution in [0, 0.1) is 6.92 Å². The second-order valence-electron chi connectivity index (χ2n) is 8.86. The molecule has 0 aliphatic carbocycles. The summed E-state index contributed by atoms with van der Waals surface area (Å²) < 4.78 is 16.9. The number of oxazole rings is 1. The van der Waals surface area contributed by atoms with E-state index in [0.717, 1.165) is 28.3 Å². The first kappa shape index (κ1) is 24.3. The third kappa shape index (κ3) is 7.64. The van der Waals surface area contributed by atoms with Crippen LogP contribution in [0.25, 0.3) is 11.5 Å². The second kappa shape index (κ2) is 11.0. The number of alkyl carbamates (subject to hydrolysis) is 1. The topological polar surface area (TPSA) is 93.8 Å². The van der Waals surface area contributed by atoms with Crippen LogP contribution in [0.3, 0.4) is 0 Å². The van der Waals surface area contributed by atoms with E-state index in [1.807, 2.05) is 61.5 Å². The summed E-state index contributed by atoms with van der Waals surface area (Å²) >= 11 is 0. The van der Waals surface area contributed by atoms with Gasteiger partial charge in [0.25, 0.3) is 0 Å². The molecule has 0 aliphatic heterocycles. The van der Waals surface area contributed by atoms with Crippen molar-refractivity contribution < 1.29 is 23.8 Å². The summed E-state index contributed by atoms with van der Waals surface area (Å²) in [5, 5.41) is 12.3. The van der Waals surface area contributed by atoms with Crippen molar-refractivity contribution in [3.05, 3.63) is 71.6 Å². The van der Waals surface area contributed by atoms with Gasteiger partial charge >= 0.3 is 6.09 Å². The summed E-state index contributed by atoms with van der Waals surface area (Å²) in [7, 11) is 0. The quantitative estimate of drug-likeness (QED) is 0.489. The Labute approximate surface area is 194 Å². The lowest BCUT2D eigenvalue weighted by Gasteiger charge is -2.22. The number of carbonyl (C=O) groups excluding carboxylic acids is 1. The Morgan fingerprint density at radius 3 is 2.45 bits per heavy atom. The maximum absolute atomic E-state index is 11.9. The number of hydrogen-bond donors (Lipinski definition) is 2. The van der Waals surface area contributed by atoms with E-state index in [1.165, 1.54) is 0 Å². The number of rotatable bonds is 9. The molecule has 2 aromatic carbocycles. The van der Waals surface area contributed by atoms with Crippen molar-refractivity contribution in [3.63, 3.8) is 0 Å². The summed E-state index contributed by atoms with van der Waals surface area (Å²) in [4.78, 5) is 16.5. The van der Waals surface area contributed by atoms with Crippen LogP contribution >= 0.6 is 0 Å². The number of nitrogens with zero attached hydrogens (tertiary/aromatic N) is 1. The van der Waals surface area contributed by atoms with Gasteiger partial charge in [-0.15, -0.1) is 0 Å². The van der Waals surface area contributed by atoms with Crippen molar-refractivity contribution in [2.75, 3.05) is 13.2 Å². The third-order valence-corrected chi connectivity index (χ3v) is 4.87. The predicted octanol–water partition coefficient (Wildman–Crippen LogP) is 4.70. The number of nitrogens with one attached hydrogen (secondary N) is 1. The van der Waals surface area contributed by atoms with Gasteiger partial charge in [0.1, 0.15) is 17.1 Å². The molecule has 0 aliphatic rings. The molecule has 2 N–H and O–H groups in total. The van der Waals surface area contributed by atoms with Crippen molar-refractivity contribution in [2.45, 2.75) is 52.2 Å². The Morgan fingerprint density at radius 1 is 1.12 bits per heavy atom. The van der Waals surface area contributed by atoms with Crippen LogP contribution < -0.4 is 10.1 Å². The Balaban J connectivity index is 1.49. The lowest BCUT2D eigenvalue weighted by atomic mass is 10.1. The maximum Gasteiger partial charge on any atom is 0.407 e. The number of ether oxygens (including phenoxy) is 2. The standard InChI is InChI=1S/C26H32N2O5/c1-18-23(28-24(32-18)20-8-6-5-7-9-20)14-15-31-22-12-10-19(11-13-22)16-21(17-29)27-25(30)33-26(2,3)4/h5-13,21,29H,14-17H2,1-4H3,(H,27,30)/t21-/m0/s1. The minimum atomic E-state index is -0.587. The number of hydrogen-bond acceptors (Lipinski definition) is 6. The molecule has 1 amide bonds. The smallest absolute Gasteiger partial charge is 0.407 e. The highest BCUT2D eigenvalue weighted by Gasteiger charge is 2.19. The number of aliphatic hydroxyl groups is 1. The van der Waals surface area contributed by atoms with Crippen molar-refractivity contribution in [3.8, 4) is 17.2 Å². The molecule has 0 unspecified atom stereocenters. The van der Waals surface area contributed by atoms with Gasteiger partial charge in [0.05, 0.1) is 24.9 Å². The molecule has 1 atom stereocenters. The summed E-state index contributed by atoms with van der Waals surface area (Å²) in [5.74, 6) is 2.15. The van der Waals surface area contributed by atoms with Crippen LogP contribution in [-0.4, -0.2) is 41.0 Å². The van der Waals surface area contributed by atoms with Gasteiger partial charge < -0.3 is 24.3 Å². The average Bonchev–Trinajstić information content (AvgIpc) is 3.14. The fraction of sp³-hybridized carbons (Fsp3) is 0.385. The molecular formula is C26H32N2O5. The molecule has 0 radical (unpaired) electrons. The first-order valence-corrected chi connectivity index (χ1v) is 11.1. The van der Waals surface area contributed by atoms with Gasteiger partial charge in [-0.25, -0.2) is 9.78 Å². The highest BCUT2D eigenvalue weighted by Crippen LogP contribution is 2.22. The summed E-state index contributed by atoms with van der Waals surface area (Å²) in [6.45, 7) is 7.59. The molecule has 7 nitrogen and oxygen atoms in total. The Hall–Kier alpha value is -3.32. The van der Waals surface area contributed by atoms with Crippen LogP contribution in [0.1, 0.15) is 37.8 Å². The van der Waals surface area contributed by atoms with E-state index in [-0.39, 0.29) is 6.61 Å². The monoisotopic (exact) mass is 452 g/mol. The van der Waals surface area contributed by atoms with Crippen LogP contribution in [0.2, 0.25) is 0 Å². The van der Waals surface area contributed by atoms with E-state index in [9.17, 15) is 9.90 Å². The molecule has 0 saturated carbocycles. The first-order chi connectivity index (χ1) is 15.7. The fourth-order valence-electron chi connectivity index (χ4n) is 3.27. The van der Waals surface area contributed by atoms with Gasteiger partial charge in [0.2, 0.25) is 5.89 Å². The van der Waals surface area contributed by atoms with Crippen LogP contribution in [-0.2, 0) is 17.6 Å².